The number of fused-ring (bicyclic) bond motifs is 2. The van der Waals surface area contributed by atoms with Crippen LogP contribution in [0, 0.1) is 16.7 Å². The van der Waals surface area contributed by atoms with Crippen LogP contribution in [-0.4, -0.2) is 19.0 Å². The van der Waals surface area contributed by atoms with Crippen LogP contribution < -0.4 is 5.32 Å². The van der Waals surface area contributed by atoms with Gasteiger partial charge in [0.05, 0.1) is 18.1 Å². The Labute approximate surface area is 136 Å². The van der Waals surface area contributed by atoms with Gasteiger partial charge >= 0.3 is 5.97 Å². The van der Waals surface area contributed by atoms with Gasteiger partial charge in [-0.1, -0.05) is 26.0 Å². The molecule has 23 heavy (non-hydrogen) atoms. The zero-order valence-corrected chi connectivity index (χ0v) is 13.9. The van der Waals surface area contributed by atoms with Crippen LogP contribution in [0.25, 0.3) is 0 Å². The summed E-state index contributed by atoms with van der Waals surface area (Å²) >= 11 is 0. The molecule has 2 aliphatic carbocycles. The smallest absolute Gasteiger partial charge is 0.337 e. The summed E-state index contributed by atoms with van der Waals surface area (Å²) in [5, 5.41) is 3.00. The monoisotopic (exact) mass is 313 g/mol. The van der Waals surface area contributed by atoms with E-state index in [2.05, 4.69) is 30.5 Å². The number of esters is 1. The number of methoxy groups -OCH3 is 1. The zero-order valence-electron chi connectivity index (χ0n) is 13.9. The van der Waals surface area contributed by atoms with Crippen molar-refractivity contribution < 1.29 is 14.3 Å². The van der Waals surface area contributed by atoms with Crippen molar-refractivity contribution in [1.29, 1.82) is 0 Å². The normalized spacial score (nSPS) is 27.8. The van der Waals surface area contributed by atoms with Crippen molar-refractivity contribution in [3.05, 3.63) is 42.0 Å². The zero-order chi connectivity index (χ0) is 16.8. The minimum absolute atomic E-state index is 0.0291. The molecule has 2 fully saturated rings. The highest BCUT2D eigenvalue weighted by atomic mass is 16.5. The maximum atomic E-state index is 12.9. The summed E-state index contributed by atoms with van der Waals surface area (Å²) in [4.78, 5) is 24.4. The summed E-state index contributed by atoms with van der Waals surface area (Å²) in [5.41, 5.74) is 1.82. The first-order chi connectivity index (χ1) is 10.8. The van der Waals surface area contributed by atoms with E-state index in [1.54, 1.807) is 24.3 Å². The third-order valence-corrected chi connectivity index (χ3v) is 5.89. The Morgan fingerprint density at radius 3 is 2.43 bits per heavy atom. The molecule has 0 aromatic heterocycles. The van der Waals surface area contributed by atoms with Crippen molar-refractivity contribution in [3.8, 4) is 0 Å². The van der Waals surface area contributed by atoms with E-state index < -0.39 is 5.41 Å². The Balaban J connectivity index is 1.78. The number of ether oxygens (including phenoxy) is 1. The van der Waals surface area contributed by atoms with Crippen LogP contribution in [-0.2, 0) is 9.53 Å². The highest BCUT2D eigenvalue weighted by Gasteiger charge is 2.60. The fourth-order valence-corrected chi connectivity index (χ4v) is 4.20. The maximum Gasteiger partial charge on any atom is 0.337 e. The topological polar surface area (TPSA) is 55.4 Å². The van der Waals surface area contributed by atoms with Gasteiger partial charge in [-0.25, -0.2) is 4.79 Å². The fourth-order valence-electron chi connectivity index (χ4n) is 4.20. The van der Waals surface area contributed by atoms with Crippen LogP contribution in [0.15, 0.2) is 36.4 Å². The molecule has 0 saturated heterocycles. The minimum Gasteiger partial charge on any atom is -0.465 e. The third kappa shape index (κ3) is 2.28. The van der Waals surface area contributed by atoms with E-state index in [-0.39, 0.29) is 17.3 Å². The summed E-state index contributed by atoms with van der Waals surface area (Å²) in [6, 6.07) is 6.78. The first-order valence-electron chi connectivity index (χ1n) is 8.01. The lowest BCUT2D eigenvalue weighted by molar-refractivity contribution is -0.123. The molecule has 3 rings (SSSR count). The lowest BCUT2D eigenvalue weighted by Crippen LogP contribution is -2.37. The Kier molecular flexibility index (Phi) is 3.58. The highest BCUT2D eigenvalue weighted by molar-refractivity contribution is 5.99. The van der Waals surface area contributed by atoms with Gasteiger partial charge in [0.1, 0.15) is 0 Å². The summed E-state index contributed by atoms with van der Waals surface area (Å²) in [5.74, 6) is 0.190. The van der Waals surface area contributed by atoms with E-state index in [4.69, 9.17) is 0 Å². The number of carbonyl (C=O) groups excluding carboxylic acids is 2. The number of anilines is 1. The van der Waals surface area contributed by atoms with Crippen molar-refractivity contribution >= 4 is 17.6 Å². The largest absolute Gasteiger partial charge is 0.465 e. The number of nitrogens with one attached hydrogen (secondary N) is 1. The molecule has 1 aromatic rings. The predicted molar refractivity (Wildman–Crippen MR) is 89.1 cm³/mol. The summed E-state index contributed by atoms with van der Waals surface area (Å²) in [6.07, 6.45) is 2.86. The van der Waals surface area contributed by atoms with Crippen molar-refractivity contribution in [3.63, 3.8) is 0 Å². The Morgan fingerprint density at radius 1 is 1.26 bits per heavy atom. The van der Waals surface area contributed by atoms with Crippen molar-refractivity contribution in [2.45, 2.75) is 33.1 Å². The van der Waals surface area contributed by atoms with Gasteiger partial charge in [0.15, 0.2) is 0 Å². The molecule has 2 saturated carbocycles. The number of hydrogen-bond donors (Lipinski definition) is 1. The SMILES string of the molecule is C=C1C(C)(C)[C@H]2CC[C@]1(C(=O)Nc1ccc(C(=O)OC)cc1)C2. The van der Waals surface area contributed by atoms with Crippen molar-refractivity contribution in [2.75, 3.05) is 12.4 Å². The van der Waals surface area contributed by atoms with Gasteiger partial charge in [-0.2, -0.15) is 0 Å². The third-order valence-electron chi connectivity index (χ3n) is 5.89. The number of carbonyl (C=O) groups is 2. The molecule has 4 heteroatoms. The highest BCUT2D eigenvalue weighted by Crippen LogP contribution is 2.65. The van der Waals surface area contributed by atoms with E-state index in [0.717, 1.165) is 24.8 Å². The Hall–Kier alpha value is -2.10. The lowest BCUT2D eigenvalue weighted by atomic mass is 9.68. The van der Waals surface area contributed by atoms with Gasteiger partial charge in [-0.05, 0) is 54.9 Å². The van der Waals surface area contributed by atoms with Crippen molar-refractivity contribution in [1.82, 2.24) is 0 Å². The molecular weight excluding hydrogens is 290 g/mol. The van der Waals surface area contributed by atoms with Crippen molar-refractivity contribution in [2.24, 2.45) is 16.7 Å². The quantitative estimate of drug-likeness (QED) is 0.682. The molecule has 1 aromatic carbocycles. The minimum atomic E-state index is -0.435. The molecular formula is C19H23NO3. The second-order valence-corrected chi connectivity index (χ2v) is 7.25. The van der Waals surface area contributed by atoms with Gasteiger partial charge in [-0.3, -0.25) is 4.79 Å². The molecule has 1 N–H and O–H groups in total. The van der Waals surface area contributed by atoms with E-state index >= 15 is 0 Å². The van der Waals surface area contributed by atoms with Gasteiger partial charge in [-0.15, -0.1) is 0 Å². The van der Waals surface area contributed by atoms with Crippen LogP contribution in [0.3, 0.4) is 0 Å². The number of amides is 1. The average Bonchev–Trinajstić information content (AvgIpc) is 3.07. The lowest BCUT2D eigenvalue weighted by Gasteiger charge is -2.37. The molecule has 2 atom stereocenters. The van der Waals surface area contributed by atoms with E-state index in [1.807, 2.05) is 0 Å². The second-order valence-electron chi connectivity index (χ2n) is 7.25. The molecule has 4 nitrogen and oxygen atoms in total. The van der Waals surface area contributed by atoms with Crippen LogP contribution in [0.5, 0.6) is 0 Å². The summed E-state index contributed by atoms with van der Waals surface area (Å²) < 4.78 is 4.68. The first-order valence-corrected chi connectivity index (χ1v) is 8.01. The van der Waals surface area contributed by atoms with E-state index in [0.29, 0.717) is 17.2 Å². The fraction of sp³-hybridized carbons (Fsp3) is 0.474. The number of benzene rings is 1. The molecule has 0 radical (unpaired) electrons. The van der Waals surface area contributed by atoms with Crippen LogP contribution in [0.4, 0.5) is 5.69 Å². The first kappa shape index (κ1) is 15.8. The number of hydrogen-bond acceptors (Lipinski definition) is 3. The molecule has 0 spiro atoms. The molecule has 0 heterocycles. The maximum absolute atomic E-state index is 12.9. The van der Waals surface area contributed by atoms with Crippen LogP contribution in [0.1, 0.15) is 43.5 Å². The standard InChI is InChI=1S/C19H23NO3/c1-12-18(2,3)14-9-10-19(12,11-14)17(22)20-15-7-5-13(6-8-15)16(21)23-4/h5-8,14H,1,9-11H2,2-4H3,(H,20,22)/t14-,19-/m0/s1. The van der Waals surface area contributed by atoms with Gasteiger partial charge in [0.2, 0.25) is 5.91 Å². The number of rotatable bonds is 3. The van der Waals surface area contributed by atoms with Gasteiger partial charge in [0, 0.05) is 5.69 Å². The second kappa shape index (κ2) is 5.22. The molecule has 1 amide bonds. The van der Waals surface area contributed by atoms with Crippen LogP contribution >= 0.6 is 0 Å². The Morgan fingerprint density at radius 2 is 1.91 bits per heavy atom. The van der Waals surface area contributed by atoms with E-state index in [1.165, 1.54) is 7.11 Å². The Bertz CT molecular complexity index is 674. The summed E-state index contributed by atoms with van der Waals surface area (Å²) in [6.45, 7) is 8.64. The van der Waals surface area contributed by atoms with E-state index in [9.17, 15) is 9.59 Å². The molecule has 0 unspecified atom stereocenters. The summed E-state index contributed by atoms with van der Waals surface area (Å²) in [7, 11) is 1.35. The molecule has 122 valence electrons. The molecule has 2 bridgehead atoms. The molecule has 0 aliphatic heterocycles. The van der Waals surface area contributed by atoms with Gasteiger partial charge < -0.3 is 10.1 Å². The molecule has 2 aliphatic rings. The predicted octanol–water partition coefficient (Wildman–Crippen LogP) is 3.79. The van der Waals surface area contributed by atoms with Gasteiger partial charge in [0.25, 0.3) is 0 Å². The van der Waals surface area contributed by atoms with Crippen LogP contribution in [0.2, 0.25) is 0 Å². The average molecular weight is 313 g/mol.